The summed E-state index contributed by atoms with van der Waals surface area (Å²) in [6.07, 6.45) is 3.81. The molecule has 1 aliphatic heterocycles. The van der Waals surface area contributed by atoms with Crippen LogP contribution in [0.2, 0.25) is 0 Å². The largest absolute Gasteiger partial charge is 0.333 e. The van der Waals surface area contributed by atoms with Crippen LogP contribution in [0.25, 0.3) is 10.2 Å². The number of hydrogen-bond acceptors (Lipinski definition) is 4. The Labute approximate surface area is 153 Å². The number of thiophene rings is 1. The first-order valence-corrected chi connectivity index (χ1v) is 9.05. The lowest BCUT2D eigenvalue weighted by molar-refractivity contribution is 0.0737. The normalized spacial score (nSPS) is 13.7. The maximum atomic E-state index is 13.1. The van der Waals surface area contributed by atoms with Crippen LogP contribution in [-0.2, 0) is 19.5 Å². The number of hydrogen-bond donors (Lipinski definition) is 0. The Morgan fingerprint density at radius 1 is 1.35 bits per heavy atom. The van der Waals surface area contributed by atoms with E-state index in [2.05, 4.69) is 11.6 Å². The molecule has 1 amide bonds. The van der Waals surface area contributed by atoms with Crippen LogP contribution in [0.15, 0.2) is 48.0 Å². The summed E-state index contributed by atoms with van der Waals surface area (Å²) in [6, 6.07) is 5.56. The van der Waals surface area contributed by atoms with Gasteiger partial charge in [0.1, 0.15) is 10.6 Å². The van der Waals surface area contributed by atoms with Crippen LogP contribution in [0.4, 0.5) is 4.39 Å². The Morgan fingerprint density at radius 2 is 2.12 bits per heavy atom. The molecule has 2 aromatic heterocycles. The number of carbonyl (C=O) groups excluding carboxylic acids is 1. The van der Waals surface area contributed by atoms with Gasteiger partial charge in [0.2, 0.25) is 0 Å². The smallest absolute Gasteiger partial charge is 0.262 e. The van der Waals surface area contributed by atoms with Gasteiger partial charge in [-0.05, 0) is 36.2 Å². The Kier molecular flexibility index (Phi) is 4.16. The first-order chi connectivity index (χ1) is 12.6. The van der Waals surface area contributed by atoms with Gasteiger partial charge in [-0.2, -0.15) is 0 Å². The molecule has 1 aromatic carbocycles. The Morgan fingerprint density at radius 3 is 2.85 bits per heavy atom. The van der Waals surface area contributed by atoms with Crippen LogP contribution in [0.5, 0.6) is 0 Å². The van der Waals surface area contributed by atoms with E-state index in [0.29, 0.717) is 41.8 Å². The molecule has 0 saturated heterocycles. The summed E-state index contributed by atoms with van der Waals surface area (Å²) in [5.41, 5.74) is 1.39. The summed E-state index contributed by atoms with van der Waals surface area (Å²) in [5.74, 6) is -0.501. The van der Waals surface area contributed by atoms with Gasteiger partial charge in [-0.3, -0.25) is 14.2 Å². The van der Waals surface area contributed by atoms with Crippen LogP contribution in [0.3, 0.4) is 0 Å². The van der Waals surface area contributed by atoms with Gasteiger partial charge in [0, 0.05) is 23.5 Å². The maximum Gasteiger partial charge on any atom is 0.262 e. The number of aromatic nitrogens is 2. The van der Waals surface area contributed by atoms with E-state index >= 15 is 0 Å². The molecule has 0 atom stereocenters. The van der Waals surface area contributed by atoms with Crippen molar-refractivity contribution in [2.24, 2.45) is 0 Å². The topological polar surface area (TPSA) is 55.2 Å². The highest BCUT2D eigenvalue weighted by Crippen LogP contribution is 2.32. The van der Waals surface area contributed by atoms with Crippen molar-refractivity contribution in [3.05, 3.63) is 75.4 Å². The van der Waals surface area contributed by atoms with Crippen LogP contribution in [0, 0.1) is 5.82 Å². The van der Waals surface area contributed by atoms with Crippen molar-refractivity contribution >= 4 is 27.5 Å². The average Bonchev–Trinajstić information content (AvgIpc) is 3.02. The molecule has 0 radical (unpaired) electrons. The number of fused-ring (bicyclic) bond motifs is 3. The average molecular weight is 369 g/mol. The molecule has 0 N–H and O–H groups in total. The third-order valence-electron chi connectivity index (χ3n) is 4.53. The monoisotopic (exact) mass is 369 g/mol. The Hall–Kier alpha value is -2.80. The minimum absolute atomic E-state index is 0.0642. The van der Waals surface area contributed by atoms with Gasteiger partial charge in [0.25, 0.3) is 11.5 Å². The van der Waals surface area contributed by atoms with Crippen molar-refractivity contribution in [3.8, 4) is 0 Å². The second-order valence-corrected chi connectivity index (χ2v) is 7.24. The molecule has 0 saturated carbocycles. The minimum atomic E-state index is -0.367. The molecule has 132 valence electrons. The van der Waals surface area contributed by atoms with E-state index in [9.17, 15) is 14.0 Å². The summed E-state index contributed by atoms with van der Waals surface area (Å²) in [7, 11) is 0. The zero-order valence-electron chi connectivity index (χ0n) is 13.9. The summed E-state index contributed by atoms with van der Waals surface area (Å²) < 4.78 is 14.6. The first-order valence-electron chi connectivity index (χ1n) is 8.24. The van der Waals surface area contributed by atoms with E-state index in [0.717, 1.165) is 10.4 Å². The lowest BCUT2D eigenvalue weighted by Crippen LogP contribution is -2.35. The van der Waals surface area contributed by atoms with Gasteiger partial charge in [-0.1, -0.05) is 6.08 Å². The summed E-state index contributed by atoms with van der Waals surface area (Å²) in [4.78, 5) is 33.2. The molecular formula is C19H16FN3O2S. The molecule has 5 nitrogen and oxygen atoms in total. The molecule has 26 heavy (non-hydrogen) atoms. The van der Waals surface area contributed by atoms with Crippen molar-refractivity contribution in [3.63, 3.8) is 0 Å². The lowest BCUT2D eigenvalue weighted by atomic mass is 10.0. The van der Waals surface area contributed by atoms with Gasteiger partial charge < -0.3 is 4.90 Å². The molecule has 3 heterocycles. The summed E-state index contributed by atoms with van der Waals surface area (Å²) in [6.45, 7) is 5.04. The fraction of sp³-hybridized carbons (Fsp3) is 0.211. The van der Waals surface area contributed by atoms with Crippen molar-refractivity contribution in [2.75, 3.05) is 6.54 Å². The third-order valence-corrected chi connectivity index (χ3v) is 5.66. The maximum absolute atomic E-state index is 13.1. The molecule has 0 aliphatic carbocycles. The van der Waals surface area contributed by atoms with E-state index in [1.807, 2.05) is 0 Å². The lowest BCUT2D eigenvalue weighted by Gasteiger charge is -2.27. The van der Waals surface area contributed by atoms with Gasteiger partial charge in [0.05, 0.1) is 18.3 Å². The van der Waals surface area contributed by atoms with E-state index in [1.54, 1.807) is 15.5 Å². The van der Waals surface area contributed by atoms with Crippen LogP contribution in [0.1, 0.15) is 20.8 Å². The third kappa shape index (κ3) is 2.74. The van der Waals surface area contributed by atoms with E-state index in [1.165, 1.54) is 41.9 Å². The molecule has 3 aromatic rings. The standard InChI is InChI=1S/C19H16FN3O2S/c1-2-8-23-11-21-17-16(19(23)25)14-7-9-22(10-15(14)26-17)18(24)12-3-5-13(20)6-4-12/h2-6,11H,1,7-10H2. The predicted molar refractivity (Wildman–Crippen MR) is 98.9 cm³/mol. The molecule has 0 fully saturated rings. The summed E-state index contributed by atoms with van der Waals surface area (Å²) in [5, 5.41) is 0.656. The van der Waals surface area contributed by atoms with E-state index < -0.39 is 0 Å². The molecule has 1 aliphatic rings. The number of nitrogens with zero attached hydrogens (tertiary/aromatic N) is 3. The number of rotatable bonds is 3. The number of halogens is 1. The molecule has 0 spiro atoms. The van der Waals surface area contributed by atoms with E-state index in [4.69, 9.17) is 0 Å². The SMILES string of the molecule is C=CCn1cnc2sc3c(c2c1=O)CCN(C(=O)c1ccc(F)cc1)C3. The second-order valence-electron chi connectivity index (χ2n) is 6.16. The summed E-state index contributed by atoms with van der Waals surface area (Å²) >= 11 is 1.46. The molecule has 0 unspecified atom stereocenters. The molecule has 0 bridgehead atoms. The predicted octanol–water partition coefficient (Wildman–Crippen LogP) is 2.98. The van der Waals surface area contributed by atoms with E-state index in [-0.39, 0.29) is 17.3 Å². The van der Waals surface area contributed by atoms with Gasteiger partial charge in [-0.15, -0.1) is 17.9 Å². The van der Waals surface area contributed by atoms with Crippen LogP contribution >= 0.6 is 11.3 Å². The zero-order chi connectivity index (χ0) is 18.3. The number of benzene rings is 1. The minimum Gasteiger partial charge on any atom is -0.333 e. The van der Waals surface area contributed by atoms with Crippen molar-refractivity contribution in [1.82, 2.24) is 14.5 Å². The molecular weight excluding hydrogens is 353 g/mol. The van der Waals surface area contributed by atoms with Gasteiger partial charge in [0.15, 0.2) is 0 Å². The van der Waals surface area contributed by atoms with Crippen LogP contribution < -0.4 is 5.56 Å². The first kappa shape index (κ1) is 16.7. The van der Waals surface area contributed by atoms with Crippen molar-refractivity contribution in [1.29, 1.82) is 0 Å². The Balaban J connectivity index is 1.68. The van der Waals surface area contributed by atoms with Crippen molar-refractivity contribution in [2.45, 2.75) is 19.5 Å². The highest BCUT2D eigenvalue weighted by Gasteiger charge is 2.26. The molecule has 4 rings (SSSR count). The number of allylic oxidation sites excluding steroid dienone is 1. The van der Waals surface area contributed by atoms with Gasteiger partial charge >= 0.3 is 0 Å². The zero-order valence-corrected chi connectivity index (χ0v) is 14.8. The highest BCUT2D eigenvalue weighted by atomic mass is 32.1. The van der Waals surface area contributed by atoms with Gasteiger partial charge in [-0.25, -0.2) is 9.37 Å². The Bertz CT molecular complexity index is 1070. The van der Waals surface area contributed by atoms with Crippen LogP contribution in [-0.4, -0.2) is 26.9 Å². The van der Waals surface area contributed by atoms with Crippen molar-refractivity contribution < 1.29 is 9.18 Å². The number of carbonyl (C=O) groups is 1. The quantitative estimate of drug-likeness (QED) is 0.667. The number of amides is 1. The second kappa shape index (κ2) is 6.49. The fourth-order valence-electron chi connectivity index (χ4n) is 3.24. The molecule has 7 heteroatoms. The highest BCUT2D eigenvalue weighted by molar-refractivity contribution is 7.18. The fourth-order valence-corrected chi connectivity index (χ4v) is 4.43.